The summed E-state index contributed by atoms with van der Waals surface area (Å²) in [6.45, 7) is 3.25. The number of nitrogens with one attached hydrogen (secondary N) is 1. The third-order valence-electron chi connectivity index (χ3n) is 3.47. The van der Waals surface area contributed by atoms with Gasteiger partial charge in [0.2, 0.25) is 5.91 Å². The van der Waals surface area contributed by atoms with E-state index in [0.29, 0.717) is 18.2 Å². The maximum atomic E-state index is 11.6. The van der Waals surface area contributed by atoms with Crippen molar-refractivity contribution in [2.45, 2.75) is 13.5 Å². The first kappa shape index (κ1) is 15.7. The number of halogens is 1. The molecular formula is C16H20ClN3O. The van der Waals surface area contributed by atoms with Gasteiger partial charge < -0.3 is 10.2 Å². The van der Waals surface area contributed by atoms with Crippen LogP contribution in [0.4, 0.5) is 0 Å². The number of pyridine rings is 1. The second kappa shape index (κ2) is 6.87. The van der Waals surface area contributed by atoms with Gasteiger partial charge in [0.1, 0.15) is 5.15 Å². The molecule has 2 rings (SSSR count). The number of benzene rings is 1. The molecule has 0 aliphatic carbocycles. The Bertz CT molecular complexity index is 644. The number of fused-ring (bicyclic) bond motifs is 1. The summed E-state index contributed by atoms with van der Waals surface area (Å²) in [7, 11) is 3.63. The molecule has 0 radical (unpaired) electrons. The number of hydrogen-bond acceptors (Lipinski definition) is 3. The standard InChI is InChI=1S/C16H20ClN3O/c1-11(16(21)18-2)9-20(3)10-13-8-12-6-4-5-7-14(12)19-15(13)17/h4-8,11H,9-10H2,1-3H3,(H,18,21). The van der Waals surface area contributed by atoms with Gasteiger partial charge in [-0.05, 0) is 19.2 Å². The molecule has 1 aromatic carbocycles. The van der Waals surface area contributed by atoms with Gasteiger partial charge in [-0.3, -0.25) is 4.79 Å². The molecule has 1 heterocycles. The Morgan fingerprint density at radius 3 is 2.86 bits per heavy atom. The second-order valence-electron chi connectivity index (χ2n) is 5.34. The summed E-state index contributed by atoms with van der Waals surface area (Å²) in [5.41, 5.74) is 1.87. The van der Waals surface area contributed by atoms with Crippen molar-refractivity contribution in [3.8, 4) is 0 Å². The van der Waals surface area contributed by atoms with Crippen LogP contribution < -0.4 is 5.32 Å². The summed E-state index contributed by atoms with van der Waals surface area (Å²) in [5.74, 6) is -0.0169. The fraction of sp³-hybridized carbons (Fsp3) is 0.375. The second-order valence-corrected chi connectivity index (χ2v) is 5.70. The molecule has 0 fully saturated rings. The average Bonchev–Trinajstić information content (AvgIpc) is 2.47. The lowest BCUT2D eigenvalue weighted by Crippen LogP contribution is -2.34. The van der Waals surface area contributed by atoms with Crippen LogP contribution in [0.3, 0.4) is 0 Å². The number of amides is 1. The van der Waals surface area contributed by atoms with Gasteiger partial charge in [-0.15, -0.1) is 0 Å². The first-order valence-corrected chi connectivity index (χ1v) is 7.33. The molecule has 1 unspecified atom stereocenters. The van der Waals surface area contributed by atoms with Gasteiger partial charge in [-0.25, -0.2) is 4.98 Å². The zero-order valence-electron chi connectivity index (χ0n) is 12.6. The Kier molecular flexibility index (Phi) is 5.15. The molecule has 0 spiro atoms. The van der Waals surface area contributed by atoms with E-state index in [1.165, 1.54) is 0 Å². The average molecular weight is 306 g/mol. The maximum Gasteiger partial charge on any atom is 0.223 e. The van der Waals surface area contributed by atoms with Gasteiger partial charge in [0.25, 0.3) is 0 Å². The molecule has 0 saturated carbocycles. The van der Waals surface area contributed by atoms with Crippen LogP contribution in [0.5, 0.6) is 0 Å². The van der Waals surface area contributed by atoms with Crippen LogP contribution >= 0.6 is 11.6 Å². The van der Waals surface area contributed by atoms with Crippen LogP contribution in [0.1, 0.15) is 12.5 Å². The van der Waals surface area contributed by atoms with E-state index in [0.717, 1.165) is 16.5 Å². The van der Waals surface area contributed by atoms with Gasteiger partial charge in [-0.1, -0.05) is 36.7 Å². The number of carbonyl (C=O) groups is 1. The molecule has 1 atom stereocenters. The van der Waals surface area contributed by atoms with E-state index in [2.05, 4.69) is 21.3 Å². The van der Waals surface area contributed by atoms with Crippen LogP contribution in [0.2, 0.25) is 5.15 Å². The first-order chi connectivity index (χ1) is 10.0. The highest BCUT2D eigenvalue weighted by Crippen LogP contribution is 2.21. The fourth-order valence-corrected chi connectivity index (χ4v) is 2.60. The Hall–Kier alpha value is -1.65. The number of para-hydroxylation sites is 1. The fourth-order valence-electron chi connectivity index (χ4n) is 2.40. The lowest BCUT2D eigenvalue weighted by Gasteiger charge is -2.21. The summed E-state index contributed by atoms with van der Waals surface area (Å²) in [5, 5.41) is 4.26. The summed E-state index contributed by atoms with van der Waals surface area (Å²) in [4.78, 5) is 18.1. The van der Waals surface area contributed by atoms with Gasteiger partial charge in [-0.2, -0.15) is 0 Å². The van der Waals surface area contributed by atoms with Crippen molar-refractivity contribution in [2.75, 3.05) is 20.6 Å². The van der Waals surface area contributed by atoms with E-state index in [1.807, 2.05) is 38.2 Å². The van der Waals surface area contributed by atoms with Crippen LogP contribution in [-0.4, -0.2) is 36.4 Å². The van der Waals surface area contributed by atoms with E-state index in [4.69, 9.17) is 11.6 Å². The summed E-state index contributed by atoms with van der Waals surface area (Å²) < 4.78 is 0. The minimum absolute atomic E-state index is 0.0459. The Labute approximate surface area is 130 Å². The van der Waals surface area contributed by atoms with Crippen molar-refractivity contribution in [1.29, 1.82) is 0 Å². The van der Waals surface area contributed by atoms with Crippen LogP contribution in [0, 0.1) is 5.92 Å². The smallest absolute Gasteiger partial charge is 0.223 e. The van der Waals surface area contributed by atoms with Crippen molar-refractivity contribution in [3.63, 3.8) is 0 Å². The molecule has 4 nitrogen and oxygen atoms in total. The highest BCUT2D eigenvalue weighted by atomic mass is 35.5. The molecule has 1 N–H and O–H groups in total. The van der Waals surface area contributed by atoms with Crippen molar-refractivity contribution >= 4 is 28.4 Å². The molecule has 1 aromatic heterocycles. The van der Waals surface area contributed by atoms with Gasteiger partial charge in [0.05, 0.1) is 5.52 Å². The molecule has 1 amide bonds. The van der Waals surface area contributed by atoms with E-state index >= 15 is 0 Å². The molecule has 5 heteroatoms. The number of carbonyl (C=O) groups excluding carboxylic acids is 1. The Morgan fingerprint density at radius 2 is 2.14 bits per heavy atom. The predicted octanol–water partition coefficient (Wildman–Crippen LogP) is 2.70. The van der Waals surface area contributed by atoms with Crippen molar-refractivity contribution in [3.05, 3.63) is 41.0 Å². The third-order valence-corrected chi connectivity index (χ3v) is 3.80. The summed E-state index contributed by atoms with van der Waals surface area (Å²) in [6, 6.07) is 9.96. The van der Waals surface area contributed by atoms with Gasteiger partial charge >= 0.3 is 0 Å². The zero-order valence-corrected chi connectivity index (χ0v) is 13.3. The van der Waals surface area contributed by atoms with E-state index in [1.54, 1.807) is 7.05 Å². The molecule has 0 aliphatic rings. The van der Waals surface area contributed by atoms with E-state index < -0.39 is 0 Å². The first-order valence-electron chi connectivity index (χ1n) is 6.95. The molecule has 2 aromatic rings. The van der Waals surface area contributed by atoms with Gasteiger partial charge in [0.15, 0.2) is 0 Å². The largest absolute Gasteiger partial charge is 0.359 e. The van der Waals surface area contributed by atoms with Crippen LogP contribution in [0.25, 0.3) is 10.9 Å². The lowest BCUT2D eigenvalue weighted by molar-refractivity contribution is -0.124. The molecule has 0 aliphatic heterocycles. The van der Waals surface area contributed by atoms with Crippen LogP contribution in [-0.2, 0) is 11.3 Å². The minimum atomic E-state index is -0.0628. The molecule has 0 bridgehead atoms. The number of rotatable bonds is 5. The molecule has 112 valence electrons. The highest BCUT2D eigenvalue weighted by molar-refractivity contribution is 6.30. The van der Waals surface area contributed by atoms with E-state index in [-0.39, 0.29) is 11.8 Å². The van der Waals surface area contributed by atoms with Crippen molar-refractivity contribution in [2.24, 2.45) is 5.92 Å². The lowest BCUT2D eigenvalue weighted by atomic mass is 10.1. The zero-order chi connectivity index (χ0) is 15.4. The molecule has 21 heavy (non-hydrogen) atoms. The minimum Gasteiger partial charge on any atom is -0.359 e. The number of aromatic nitrogens is 1. The van der Waals surface area contributed by atoms with E-state index in [9.17, 15) is 4.79 Å². The Balaban J connectivity index is 2.12. The van der Waals surface area contributed by atoms with Crippen LogP contribution in [0.15, 0.2) is 30.3 Å². The maximum absolute atomic E-state index is 11.6. The quantitative estimate of drug-likeness (QED) is 0.864. The Morgan fingerprint density at radius 1 is 1.43 bits per heavy atom. The molecule has 0 saturated heterocycles. The SMILES string of the molecule is CNC(=O)C(C)CN(C)Cc1cc2ccccc2nc1Cl. The summed E-state index contributed by atoms with van der Waals surface area (Å²) in [6.07, 6.45) is 0. The highest BCUT2D eigenvalue weighted by Gasteiger charge is 2.15. The van der Waals surface area contributed by atoms with Crippen molar-refractivity contribution < 1.29 is 4.79 Å². The topological polar surface area (TPSA) is 45.2 Å². The number of hydrogen-bond donors (Lipinski definition) is 1. The normalized spacial score (nSPS) is 12.6. The van der Waals surface area contributed by atoms with Crippen molar-refractivity contribution in [1.82, 2.24) is 15.2 Å². The summed E-state index contributed by atoms with van der Waals surface area (Å²) >= 11 is 6.26. The predicted molar refractivity (Wildman–Crippen MR) is 86.3 cm³/mol. The third kappa shape index (κ3) is 3.93. The number of nitrogens with zero attached hydrogens (tertiary/aromatic N) is 2. The monoisotopic (exact) mass is 305 g/mol. The molecular weight excluding hydrogens is 286 g/mol. The van der Waals surface area contributed by atoms with Gasteiger partial charge in [0, 0.05) is 37.0 Å².